The zero-order valence-corrected chi connectivity index (χ0v) is 8.38. The maximum absolute atomic E-state index is 5.86. The average Bonchev–Trinajstić information content (AvgIpc) is 2.48. The second-order valence-electron chi connectivity index (χ2n) is 3.45. The normalized spacial score (nSPS) is 21.5. The van der Waals surface area contributed by atoms with Gasteiger partial charge in [0.1, 0.15) is 5.82 Å². The highest BCUT2D eigenvalue weighted by atomic mass is 35.5. The summed E-state index contributed by atoms with van der Waals surface area (Å²) in [7, 11) is 1.98. The van der Waals surface area contributed by atoms with Crippen molar-refractivity contribution in [2.45, 2.75) is 19.4 Å². The largest absolute Gasteiger partial charge is 0.319 e. The Morgan fingerprint density at radius 3 is 3.23 bits per heavy atom. The number of hydrogen-bond acceptors (Lipinski definition) is 3. The average molecular weight is 201 g/mol. The second kappa shape index (κ2) is 3.64. The van der Waals surface area contributed by atoms with Gasteiger partial charge in [-0.2, -0.15) is 0 Å². The SMILES string of the molecule is CNCC1CCn2c(Cl)nnc2C1. The van der Waals surface area contributed by atoms with E-state index in [4.69, 9.17) is 11.6 Å². The van der Waals surface area contributed by atoms with Gasteiger partial charge in [0.25, 0.3) is 0 Å². The molecule has 1 N–H and O–H groups in total. The van der Waals surface area contributed by atoms with Gasteiger partial charge in [0, 0.05) is 13.0 Å². The van der Waals surface area contributed by atoms with Gasteiger partial charge in [0.05, 0.1) is 0 Å². The molecule has 2 heterocycles. The Morgan fingerprint density at radius 1 is 1.62 bits per heavy atom. The molecule has 0 aromatic carbocycles. The van der Waals surface area contributed by atoms with Crippen molar-refractivity contribution in [1.29, 1.82) is 0 Å². The molecule has 1 atom stereocenters. The highest BCUT2D eigenvalue weighted by molar-refractivity contribution is 6.28. The van der Waals surface area contributed by atoms with Gasteiger partial charge in [0.2, 0.25) is 5.28 Å². The minimum Gasteiger partial charge on any atom is -0.319 e. The van der Waals surface area contributed by atoms with Crippen LogP contribution in [0.3, 0.4) is 0 Å². The van der Waals surface area contributed by atoms with Crippen LogP contribution >= 0.6 is 11.6 Å². The number of halogens is 1. The molecule has 0 fully saturated rings. The Bertz CT molecular complexity index is 296. The first-order valence-corrected chi connectivity index (χ1v) is 4.91. The highest BCUT2D eigenvalue weighted by Gasteiger charge is 2.21. The monoisotopic (exact) mass is 200 g/mol. The molecule has 0 saturated carbocycles. The third-order valence-corrected chi connectivity index (χ3v) is 2.79. The van der Waals surface area contributed by atoms with Gasteiger partial charge in [-0.3, -0.25) is 0 Å². The van der Waals surface area contributed by atoms with E-state index in [1.165, 1.54) is 0 Å². The molecule has 0 saturated heterocycles. The first kappa shape index (κ1) is 8.97. The van der Waals surface area contributed by atoms with Crippen LogP contribution < -0.4 is 5.32 Å². The van der Waals surface area contributed by atoms with Gasteiger partial charge < -0.3 is 9.88 Å². The molecule has 0 radical (unpaired) electrons. The summed E-state index contributed by atoms with van der Waals surface area (Å²) in [6, 6.07) is 0. The van der Waals surface area contributed by atoms with E-state index in [1.807, 2.05) is 11.6 Å². The summed E-state index contributed by atoms with van der Waals surface area (Å²) in [4.78, 5) is 0. The number of aromatic nitrogens is 3. The summed E-state index contributed by atoms with van der Waals surface area (Å²) in [6.07, 6.45) is 2.14. The van der Waals surface area contributed by atoms with Gasteiger partial charge in [-0.1, -0.05) is 0 Å². The zero-order valence-electron chi connectivity index (χ0n) is 7.63. The molecule has 5 heteroatoms. The van der Waals surface area contributed by atoms with E-state index >= 15 is 0 Å². The van der Waals surface area contributed by atoms with Crippen LogP contribution in [0.1, 0.15) is 12.2 Å². The molecule has 72 valence electrons. The van der Waals surface area contributed by atoms with Crippen LogP contribution in [0, 0.1) is 5.92 Å². The van der Waals surface area contributed by atoms with E-state index in [0.29, 0.717) is 11.2 Å². The third-order valence-electron chi connectivity index (χ3n) is 2.51. The van der Waals surface area contributed by atoms with Crippen molar-refractivity contribution in [3.63, 3.8) is 0 Å². The lowest BCUT2D eigenvalue weighted by Gasteiger charge is -2.22. The minimum atomic E-state index is 0.526. The first-order chi connectivity index (χ1) is 6.31. The number of nitrogens with zero attached hydrogens (tertiary/aromatic N) is 3. The minimum absolute atomic E-state index is 0.526. The number of nitrogens with one attached hydrogen (secondary N) is 1. The van der Waals surface area contributed by atoms with E-state index in [9.17, 15) is 0 Å². The van der Waals surface area contributed by atoms with Gasteiger partial charge in [-0.25, -0.2) is 0 Å². The number of rotatable bonds is 2. The molecule has 13 heavy (non-hydrogen) atoms. The van der Waals surface area contributed by atoms with Gasteiger partial charge in [-0.15, -0.1) is 10.2 Å². The fourth-order valence-corrected chi connectivity index (χ4v) is 2.04. The Morgan fingerprint density at radius 2 is 2.46 bits per heavy atom. The van der Waals surface area contributed by atoms with Crippen LogP contribution in [0.25, 0.3) is 0 Å². The molecule has 1 aliphatic heterocycles. The first-order valence-electron chi connectivity index (χ1n) is 4.53. The summed E-state index contributed by atoms with van der Waals surface area (Å²) in [5.41, 5.74) is 0. The fourth-order valence-electron chi connectivity index (χ4n) is 1.82. The lowest BCUT2D eigenvalue weighted by Crippen LogP contribution is -2.27. The van der Waals surface area contributed by atoms with Crippen molar-refractivity contribution in [2.24, 2.45) is 5.92 Å². The van der Waals surface area contributed by atoms with Crippen molar-refractivity contribution in [1.82, 2.24) is 20.1 Å². The number of fused-ring (bicyclic) bond motifs is 1. The van der Waals surface area contributed by atoms with Gasteiger partial charge in [0.15, 0.2) is 0 Å². The Kier molecular flexibility index (Phi) is 2.51. The molecule has 0 spiro atoms. The van der Waals surface area contributed by atoms with Crippen LogP contribution in [-0.4, -0.2) is 28.4 Å². The summed E-state index contributed by atoms with van der Waals surface area (Å²) in [6.45, 7) is 2.00. The van der Waals surface area contributed by atoms with E-state index in [2.05, 4.69) is 15.5 Å². The molecule has 4 nitrogen and oxygen atoms in total. The van der Waals surface area contributed by atoms with Crippen molar-refractivity contribution in [3.05, 3.63) is 11.1 Å². The Balaban J connectivity index is 2.11. The predicted molar refractivity (Wildman–Crippen MR) is 50.8 cm³/mol. The molecule has 0 bridgehead atoms. The Labute approximate surface area is 82.3 Å². The smallest absolute Gasteiger partial charge is 0.225 e. The molecule has 1 aromatic heterocycles. The predicted octanol–water partition coefficient (Wildman–Crippen LogP) is 0.713. The standard InChI is InChI=1S/C8H13ClN4/c1-10-5-6-2-3-13-7(4-6)11-12-8(13)9/h6,10H,2-5H2,1H3. The van der Waals surface area contributed by atoms with Crippen LogP contribution in [0.4, 0.5) is 0 Å². The zero-order chi connectivity index (χ0) is 9.26. The van der Waals surface area contributed by atoms with E-state index in [-0.39, 0.29) is 0 Å². The maximum Gasteiger partial charge on any atom is 0.225 e. The van der Waals surface area contributed by atoms with Gasteiger partial charge in [-0.05, 0) is 37.5 Å². The van der Waals surface area contributed by atoms with Crippen molar-refractivity contribution in [2.75, 3.05) is 13.6 Å². The van der Waals surface area contributed by atoms with E-state index in [0.717, 1.165) is 31.8 Å². The summed E-state index contributed by atoms with van der Waals surface area (Å²) in [5, 5.41) is 11.6. The van der Waals surface area contributed by atoms with Crippen LogP contribution in [0.2, 0.25) is 5.28 Å². The van der Waals surface area contributed by atoms with Crippen LogP contribution in [0.5, 0.6) is 0 Å². The molecular weight excluding hydrogens is 188 g/mol. The van der Waals surface area contributed by atoms with Crippen LogP contribution in [0.15, 0.2) is 0 Å². The molecule has 1 unspecified atom stereocenters. The van der Waals surface area contributed by atoms with Crippen molar-refractivity contribution < 1.29 is 0 Å². The molecule has 0 aliphatic carbocycles. The van der Waals surface area contributed by atoms with E-state index in [1.54, 1.807) is 0 Å². The molecule has 0 amide bonds. The molecule has 2 rings (SSSR count). The highest BCUT2D eigenvalue weighted by Crippen LogP contribution is 2.21. The fraction of sp³-hybridized carbons (Fsp3) is 0.750. The van der Waals surface area contributed by atoms with Crippen molar-refractivity contribution in [3.8, 4) is 0 Å². The second-order valence-corrected chi connectivity index (χ2v) is 3.79. The quantitative estimate of drug-likeness (QED) is 0.765. The third kappa shape index (κ3) is 1.69. The van der Waals surface area contributed by atoms with Crippen LogP contribution in [-0.2, 0) is 13.0 Å². The molecule has 1 aromatic rings. The molecular formula is C8H13ClN4. The summed E-state index contributed by atoms with van der Waals surface area (Å²) in [5.74, 6) is 1.70. The summed E-state index contributed by atoms with van der Waals surface area (Å²) >= 11 is 5.86. The molecule has 1 aliphatic rings. The lowest BCUT2D eigenvalue weighted by molar-refractivity contribution is 0.372. The topological polar surface area (TPSA) is 42.7 Å². The Hall–Kier alpha value is -0.610. The number of hydrogen-bond donors (Lipinski definition) is 1. The van der Waals surface area contributed by atoms with Crippen molar-refractivity contribution >= 4 is 11.6 Å². The van der Waals surface area contributed by atoms with Gasteiger partial charge >= 0.3 is 0 Å². The van der Waals surface area contributed by atoms with E-state index < -0.39 is 0 Å². The summed E-state index contributed by atoms with van der Waals surface area (Å²) < 4.78 is 1.99. The lowest BCUT2D eigenvalue weighted by atomic mass is 9.98. The maximum atomic E-state index is 5.86.